The Morgan fingerprint density at radius 3 is 2.75 bits per heavy atom. The average molecular weight is 265 g/mol. The summed E-state index contributed by atoms with van der Waals surface area (Å²) >= 11 is 0. The second-order valence-electron chi connectivity index (χ2n) is 5.13. The molecular weight excluding hydrogens is 254 g/mol. The fraction of sp³-hybridized carbons (Fsp3) is 0.125. The molecule has 1 aromatic heterocycles. The fourth-order valence-electron chi connectivity index (χ4n) is 3.17. The molecule has 1 aliphatic carbocycles. The number of rotatable bonds is 1. The van der Waals surface area contributed by atoms with Crippen LogP contribution in [0.15, 0.2) is 35.3 Å². The van der Waals surface area contributed by atoms with Gasteiger partial charge in [-0.05, 0) is 35.4 Å². The molecule has 0 aliphatic heterocycles. The maximum absolute atomic E-state index is 12.3. The lowest BCUT2D eigenvalue weighted by Crippen LogP contribution is -2.15. The van der Waals surface area contributed by atoms with Gasteiger partial charge in [0.15, 0.2) is 0 Å². The average Bonchev–Trinajstić information content (AvgIpc) is 2.85. The van der Waals surface area contributed by atoms with E-state index in [0.717, 1.165) is 29.3 Å². The second-order valence-corrected chi connectivity index (χ2v) is 5.13. The van der Waals surface area contributed by atoms with Gasteiger partial charge in [-0.25, -0.2) is 4.79 Å². The van der Waals surface area contributed by atoms with E-state index in [1.54, 1.807) is 0 Å². The minimum atomic E-state index is -1.20. The van der Waals surface area contributed by atoms with Crippen LogP contribution in [0.3, 0.4) is 0 Å². The first kappa shape index (κ1) is 11.2. The van der Waals surface area contributed by atoms with Gasteiger partial charge in [0.05, 0.1) is 5.52 Å². The molecule has 4 rings (SSSR count). The molecule has 2 N–H and O–H groups in total. The fourth-order valence-corrected chi connectivity index (χ4v) is 3.17. The first-order valence-corrected chi connectivity index (χ1v) is 6.49. The number of benzene rings is 2. The third-order valence-corrected chi connectivity index (χ3v) is 4.07. The highest BCUT2D eigenvalue weighted by Crippen LogP contribution is 2.34. The topological polar surface area (TPSA) is 70.2 Å². The summed E-state index contributed by atoms with van der Waals surface area (Å²) in [5.41, 5.74) is 2.53. The number of aryl methyl sites for hydroxylation is 2. The molecule has 3 aromatic rings. The molecule has 0 bridgehead atoms. The third-order valence-electron chi connectivity index (χ3n) is 4.07. The highest BCUT2D eigenvalue weighted by molar-refractivity contribution is 6.09. The highest BCUT2D eigenvalue weighted by atomic mass is 16.4. The number of carbonyl (C=O) groups is 1. The van der Waals surface area contributed by atoms with E-state index < -0.39 is 11.4 Å². The standard InChI is InChI=1S/C16H11NO3/c18-15-11-6-9-5-4-8-2-1-3-10(13(8)9)14(11)17-7-12(15)16(19)20/h1-3,6-7H,4-5H2,(H,17,18)(H,19,20). The number of carboxylic acid groups (broad SMARTS) is 1. The normalized spacial score (nSPS) is 13.2. The molecule has 0 saturated carbocycles. The van der Waals surface area contributed by atoms with Crippen LogP contribution in [0.5, 0.6) is 0 Å². The number of hydrogen-bond donors (Lipinski definition) is 2. The number of H-pyrrole nitrogens is 1. The van der Waals surface area contributed by atoms with E-state index in [9.17, 15) is 9.59 Å². The minimum absolute atomic E-state index is 0.210. The van der Waals surface area contributed by atoms with E-state index in [4.69, 9.17) is 5.11 Å². The van der Waals surface area contributed by atoms with Crippen molar-refractivity contribution in [2.45, 2.75) is 12.8 Å². The third kappa shape index (κ3) is 1.30. The van der Waals surface area contributed by atoms with Crippen LogP contribution in [0.4, 0.5) is 0 Å². The number of nitrogens with one attached hydrogen (secondary N) is 1. The lowest BCUT2D eigenvalue weighted by molar-refractivity contribution is 0.0695. The maximum atomic E-state index is 12.3. The van der Waals surface area contributed by atoms with Gasteiger partial charge >= 0.3 is 5.97 Å². The van der Waals surface area contributed by atoms with E-state index in [1.165, 1.54) is 17.1 Å². The number of pyridine rings is 1. The molecule has 1 aliphatic rings. The van der Waals surface area contributed by atoms with Crippen molar-refractivity contribution in [2.24, 2.45) is 0 Å². The SMILES string of the molecule is O=C(O)c1c[nH]c2c(cc3c4c(cccc42)CC3)c1=O. The monoisotopic (exact) mass is 265 g/mol. The molecule has 4 nitrogen and oxygen atoms in total. The van der Waals surface area contributed by atoms with Crippen LogP contribution in [-0.4, -0.2) is 16.1 Å². The van der Waals surface area contributed by atoms with Gasteiger partial charge in [0.2, 0.25) is 5.43 Å². The number of carboxylic acids is 1. The Kier molecular flexibility index (Phi) is 2.07. The predicted octanol–water partition coefficient (Wildman–Crippen LogP) is 2.48. The van der Waals surface area contributed by atoms with Gasteiger partial charge in [-0.1, -0.05) is 18.2 Å². The largest absolute Gasteiger partial charge is 0.477 e. The smallest absolute Gasteiger partial charge is 0.341 e. The number of aromatic carboxylic acids is 1. The zero-order chi connectivity index (χ0) is 13.9. The Morgan fingerprint density at radius 1 is 1.15 bits per heavy atom. The molecule has 0 radical (unpaired) electrons. The molecule has 20 heavy (non-hydrogen) atoms. The van der Waals surface area contributed by atoms with Gasteiger partial charge in [0, 0.05) is 17.0 Å². The number of aromatic nitrogens is 1. The van der Waals surface area contributed by atoms with Crippen molar-refractivity contribution in [1.29, 1.82) is 0 Å². The van der Waals surface area contributed by atoms with Gasteiger partial charge in [0.25, 0.3) is 0 Å². The summed E-state index contributed by atoms with van der Waals surface area (Å²) in [5.74, 6) is -1.20. The summed E-state index contributed by atoms with van der Waals surface area (Å²) in [5, 5.41) is 11.7. The van der Waals surface area contributed by atoms with Crippen LogP contribution in [0.25, 0.3) is 21.7 Å². The van der Waals surface area contributed by atoms with E-state index in [-0.39, 0.29) is 5.56 Å². The van der Waals surface area contributed by atoms with Crippen LogP contribution >= 0.6 is 0 Å². The van der Waals surface area contributed by atoms with Gasteiger partial charge in [-0.15, -0.1) is 0 Å². The summed E-state index contributed by atoms with van der Waals surface area (Å²) in [6.07, 6.45) is 3.17. The summed E-state index contributed by atoms with van der Waals surface area (Å²) in [6.45, 7) is 0. The summed E-state index contributed by atoms with van der Waals surface area (Å²) < 4.78 is 0. The van der Waals surface area contributed by atoms with E-state index in [0.29, 0.717) is 5.39 Å². The van der Waals surface area contributed by atoms with Crippen LogP contribution in [0.2, 0.25) is 0 Å². The Morgan fingerprint density at radius 2 is 1.95 bits per heavy atom. The zero-order valence-corrected chi connectivity index (χ0v) is 10.6. The Labute approximate surface area is 113 Å². The molecule has 98 valence electrons. The van der Waals surface area contributed by atoms with Gasteiger partial charge < -0.3 is 10.1 Å². The number of aromatic amines is 1. The van der Waals surface area contributed by atoms with Gasteiger partial charge in [-0.2, -0.15) is 0 Å². The molecule has 0 unspecified atom stereocenters. The minimum Gasteiger partial charge on any atom is -0.477 e. The molecule has 0 fully saturated rings. The quantitative estimate of drug-likeness (QED) is 0.664. The summed E-state index contributed by atoms with van der Waals surface area (Å²) in [4.78, 5) is 26.4. The zero-order valence-electron chi connectivity index (χ0n) is 10.6. The van der Waals surface area contributed by atoms with Crippen molar-refractivity contribution < 1.29 is 9.90 Å². The molecule has 1 heterocycles. The molecule has 4 heteroatoms. The Balaban J connectivity index is 2.26. The predicted molar refractivity (Wildman–Crippen MR) is 76.4 cm³/mol. The highest BCUT2D eigenvalue weighted by Gasteiger charge is 2.19. The van der Waals surface area contributed by atoms with Crippen LogP contribution in [-0.2, 0) is 12.8 Å². The molecule has 0 saturated heterocycles. The van der Waals surface area contributed by atoms with Gasteiger partial charge in [-0.3, -0.25) is 4.79 Å². The van der Waals surface area contributed by atoms with Crippen molar-refractivity contribution in [3.05, 3.63) is 57.4 Å². The lowest BCUT2D eigenvalue weighted by atomic mass is 10.00. The van der Waals surface area contributed by atoms with Crippen molar-refractivity contribution in [1.82, 2.24) is 4.98 Å². The van der Waals surface area contributed by atoms with E-state index >= 15 is 0 Å². The molecule has 2 aromatic carbocycles. The molecule has 0 amide bonds. The Hall–Kier alpha value is -2.62. The van der Waals surface area contributed by atoms with Crippen molar-refractivity contribution in [2.75, 3.05) is 0 Å². The molecular formula is C16H11NO3. The van der Waals surface area contributed by atoms with Gasteiger partial charge in [0.1, 0.15) is 5.56 Å². The van der Waals surface area contributed by atoms with E-state index in [1.807, 2.05) is 18.2 Å². The number of hydrogen-bond acceptors (Lipinski definition) is 2. The van der Waals surface area contributed by atoms with Crippen molar-refractivity contribution in [3.63, 3.8) is 0 Å². The lowest BCUT2D eigenvalue weighted by Gasteiger charge is -2.07. The Bertz CT molecular complexity index is 953. The van der Waals surface area contributed by atoms with Crippen LogP contribution < -0.4 is 5.43 Å². The van der Waals surface area contributed by atoms with Crippen LogP contribution in [0, 0.1) is 0 Å². The summed E-state index contributed by atoms with van der Waals surface area (Å²) in [7, 11) is 0. The first-order chi connectivity index (χ1) is 9.66. The second kappa shape index (κ2) is 3.70. The summed E-state index contributed by atoms with van der Waals surface area (Å²) in [6, 6.07) is 7.91. The van der Waals surface area contributed by atoms with Crippen molar-refractivity contribution >= 4 is 27.6 Å². The van der Waals surface area contributed by atoms with E-state index in [2.05, 4.69) is 11.1 Å². The first-order valence-electron chi connectivity index (χ1n) is 6.49. The molecule has 0 spiro atoms. The molecule has 0 atom stereocenters. The number of fused-ring (bicyclic) bond motifs is 2. The van der Waals surface area contributed by atoms with Crippen molar-refractivity contribution in [3.8, 4) is 0 Å². The van der Waals surface area contributed by atoms with Crippen LogP contribution in [0.1, 0.15) is 21.5 Å². The maximum Gasteiger partial charge on any atom is 0.341 e.